The van der Waals surface area contributed by atoms with Crippen LogP contribution < -0.4 is 4.90 Å². The second kappa shape index (κ2) is 7.60. The quantitative estimate of drug-likeness (QED) is 0.421. The normalized spacial score (nSPS) is 11.4. The molecule has 5 aromatic rings. The van der Waals surface area contributed by atoms with Crippen LogP contribution in [0.1, 0.15) is 22.6 Å². The summed E-state index contributed by atoms with van der Waals surface area (Å²) in [5, 5.41) is 13.0. The van der Waals surface area contributed by atoms with Crippen LogP contribution in [0.2, 0.25) is 0 Å². The molecule has 0 amide bonds. The van der Waals surface area contributed by atoms with Crippen LogP contribution in [-0.2, 0) is 13.6 Å². The highest BCUT2D eigenvalue weighted by Crippen LogP contribution is 2.29. The van der Waals surface area contributed by atoms with E-state index in [-0.39, 0.29) is 0 Å². The Bertz CT molecular complexity index is 1430. The van der Waals surface area contributed by atoms with Crippen LogP contribution >= 0.6 is 0 Å². The van der Waals surface area contributed by atoms with Crippen molar-refractivity contribution >= 4 is 11.7 Å². The van der Waals surface area contributed by atoms with E-state index in [1.165, 1.54) is 0 Å². The standard InChI is InChI=1S/C23H24N8O/c1-14-18(7-8-19(25-14)21-15(2)28-30(5)16(21)3)22-26-27-23(32-22)29(4)12-17-6-9-20-24-10-11-31(20)13-17/h6-11,13H,12H2,1-5H3. The fraction of sp³-hybridized carbons (Fsp3) is 0.261. The molecule has 9 heteroatoms. The number of hydrogen-bond acceptors (Lipinski definition) is 7. The Morgan fingerprint density at radius 1 is 1.03 bits per heavy atom. The molecule has 0 radical (unpaired) electrons. The number of aromatic nitrogens is 7. The van der Waals surface area contributed by atoms with Crippen LogP contribution in [0.5, 0.6) is 0 Å². The maximum atomic E-state index is 5.98. The van der Waals surface area contributed by atoms with Crippen LogP contribution in [0.4, 0.5) is 6.01 Å². The Balaban J connectivity index is 1.39. The first-order chi connectivity index (χ1) is 15.4. The Morgan fingerprint density at radius 2 is 1.88 bits per heavy atom. The first-order valence-electron chi connectivity index (χ1n) is 10.4. The molecule has 0 aliphatic rings. The van der Waals surface area contributed by atoms with Crippen molar-refractivity contribution in [2.24, 2.45) is 7.05 Å². The van der Waals surface area contributed by atoms with Gasteiger partial charge in [-0.3, -0.25) is 9.67 Å². The summed E-state index contributed by atoms with van der Waals surface area (Å²) in [5.41, 5.74) is 7.66. The summed E-state index contributed by atoms with van der Waals surface area (Å²) in [5.74, 6) is 0.452. The molecular weight excluding hydrogens is 404 g/mol. The molecule has 162 valence electrons. The fourth-order valence-corrected chi connectivity index (χ4v) is 3.95. The zero-order valence-electron chi connectivity index (χ0n) is 18.7. The van der Waals surface area contributed by atoms with Gasteiger partial charge in [-0.25, -0.2) is 4.98 Å². The molecule has 0 spiro atoms. The molecule has 9 nitrogen and oxygen atoms in total. The molecule has 0 saturated heterocycles. The molecule has 0 atom stereocenters. The van der Waals surface area contributed by atoms with Gasteiger partial charge in [-0.15, -0.1) is 5.10 Å². The largest absolute Gasteiger partial charge is 0.403 e. The van der Waals surface area contributed by atoms with Crippen LogP contribution in [0.25, 0.3) is 28.4 Å². The molecule has 5 rings (SSSR count). The average molecular weight is 429 g/mol. The minimum Gasteiger partial charge on any atom is -0.403 e. The van der Waals surface area contributed by atoms with Crippen LogP contribution in [-0.4, -0.2) is 41.4 Å². The number of nitrogens with zero attached hydrogens (tertiary/aromatic N) is 8. The van der Waals surface area contributed by atoms with Gasteiger partial charge < -0.3 is 13.7 Å². The first-order valence-corrected chi connectivity index (χ1v) is 10.4. The average Bonchev–Trinajstić information content (AvgIpc) is 3.48. The lowest BCUT2D eigenvalue weighted by Crippen LogP contribution is -2.17. The lowest BCUT2D eigenvalue weighted by atomic mass is 10.1. The topological polar surface area (TPSA) is 90.2 Å². The van der Waals surface area contributed by atoms with E-state index in [2.05, 4.69) is 20.3 Å². The van der Waals surface area contributed by atoms with Gasteiger partial charge in [0.25, 0.3) is 5.89 Å². The number of aryl methyl sites for hydroxylation is 3. The van der Waals surface area contributed by atoms with E-state index < -0.39 is 0 Å². The molecule has 0 saturated carbocycles. The van der Waals surface area contributed by atoms with Crippen LogP contribution in [0.15, 0.2) is 47.3 Å². The lowest BCUT2D eigenvalue weighted by molar-refractivity contribution is 0.554. The van der Waals surface area contributed by atoms with Crippen LogP contribution in [0, 0.1) is 20.8 Å². The number of rotatable bonds is 5. The zero-order chi connectivity index (χ0) is 22.4. The Kier molecular flexibility index (Phi) is 4.73. The summed E-state index contributed by atoms with van der Waals surface area (Å²) < 4.78 is 9.85. The maximum Gasteiger partial charge on any atom is 0.318 e. The van der Waals surface area contributed by atoms with Crippen molar-refractivity contribution in [3.63, 3.8) is 0 Å². The van der Waals surface area contributed by atoms with Crippen molar-refractivity contribution in [2.45, 2.75) is 27.3 Å². The van der Waals surface area contributed by atoms with Gasteiger partial charge in [0.05, 0.1) is 22.6 Å². The SMILES string of the molecule is Cc1nc(-c2c(C)nn(C)c2C)ccc1-c1nnc(N(C)Cc2ccc3nccn3c2)o1. The van der Waals surface area contributed by atoms with Crippen LogP contribution in [0.3, 0.4) is 0 Å². The van der Waals surface area contributed by atoms with Gasteiger partial charge in [0.2, 0.25) is 0 Å². The monoisotopic (exact) mass is 428 g/mol. The van der Waals surface area contributed by atoms with Gasteiger partial charge in [0.1, 0.15) is 5.65 Å². The van der Waals surface area contributed by atoms with E-state index in [9.17, 15) is 0 Å². The lowest BCUT2D eigenvalue weighted by Gasteiger charge is -2.14. The third-order valence-corrected chi connectivity index (χ3v) is 5.69. The molecule has 0 bridgehead atoms. The number of hydrogen-bond donors (Lipinski definition) is 0. The van der Waals surface area contributed by atoms with Crippen molar-refractivity contribution in [1.82, 2.24) is 34.3 Å². The third kappa shape index (κ3) is 3.41. The summed E-state index contributed by atoms with van der Waals surface area (Å²) in [6.45, 7) is 6.63. The van der Waals surface area contributed by atoms with Crippen molar-refractivity contribution in [2.75, 3.05) is 11.9 Å². The number of fused-ring (bicyclic) bond motifs is 1. The molecule has 32 heavy (non-hydrogen) atoms. The predicted octanol–water partition coefficient (Wildman–Crippen LogP) is 3.74. The molecule has 0 aliphatic heterocycles. The van der Waals surface area contributed by atoms with Gasteiger partial charge in [-0.1, -0.05) is 11.2 Å². The van der Waals surface area contributed by atoms with E-state index in [0.717, 1.165) is 45.1 Å². The highest BCUT2D eigenvalue weighted by Gasteiger charge is 2.18. The highest BCUT2D eigenvalue weighted by molar-refractivity contribution is 5.68. The van der Waals surface area contributed by atoms with Crippen molar-refractivity contribution in [1.29, 1.82) is 0 Å². The first kappa shape index (κ1) is 19.9. The van der Waals surface area contributed by atoms with Gasteiger partial charge in [-0.05, 0) is 44.5 Å². The predicted molar refractivity (Wildman–Crippen MR) is 121 cm³/mol. The molecule has 0 unspecified atom stereocenters. The molecule has 0 N–H and O–H groups in total. The van der Waals surface area contributed by atoms with E-state index in [1.807, 2.05) is 85.5 Å². The fourth-order valence-electron chi connectivity index (χ4n) is 3.95. The highest BCUT2D eigenvalue weighted by atomic mass is 16.4. The van der Waals surface area contributed by atoms with E-state index in [4.69, 9.17) is 9.40 Å². The Hall–Kier alpha value is -4.01. The van der Waals surface area contributed by atoms with Crippen molar-refractivity contribution in [3.8, 4) is 22.7 Å². The minimum absolute atomic E-state index is 0.452. The van der Waals surface area contributed by atoms with Gasteiger partial charge in [-0.2, -0.15) is 5.10 Å². The van der Waals surface area contributed by atoms with Crippen molar-refractivity contribution in [3.05, 3.63) is 65.5 Å². The maximum absolute atomic E-state index is 5.98. The molecular formula is C23H24N8O. The summed E-state index contributed by atoms with van der Waals surface area (Å²) in [7, 11) is 3.87. The Labute approximate surface area is 185 Å². The van der Waals surface area contributed by atoms with E-state index >= 15 is 0 Å². The number of pyridine rings is 2. The summed E-state index contributed by atoms with van der Waals surface area (Å²) >= 11 is 0. The second-order valence-electron chi connectivity index (χ2n) is 7.97. The molecule has 0 fully saturated rings. The smallest absolute Gasteiger partial charge is 0.318 e. The summed E-state index contributed by atoms with van der Waals surface area (Å²) in [4.78, 5) is 11.0. The zero-order valence-corrected chi connectivity index (χ0v) is 18.7. The minimum atomic E-state index is 0.452. The van der Waals surface area contributed by atoms with E-state index in [0.29, 0.717) is 18.5 Å². The number of imidazole rings is 1. The van der Waals surface area contributed by atoms with Gasteiger partial charge >= 0.3 is 6.01 Å². The van der Waals surface area contributed by atoms with E-state index in [1.54, 1.807) is 6.20 Å². The van der Waals surface area contributed by atoms with Crippen molar-refractivity contribution < 1.29 is 4.42 Å². The van der Waals surface area contributed by atoms with Gasteiger partial charge in [0, 0.05) is 50.5 Å². The Morgan fingerprint density at radius 3 is 2.62 bits per heavy atom. The summed E-state index contributed by atoms with van der Waals surface area (Å²) in [6.07, 6.45) is 5.76. The second-order valence-corrected chi connectivity index (χ2v) is 7.97. The van der Waals surface area contributed by atoms with Gasteiger partial charge in [0.15, 0.2) is 0 Å². The summed E-state index contributed by atoms with van der Waals surface area (Å²) in [6, 6.07) is 8.45. The number of anilines is 1. The molecule has 0 aliphatic carbocycles. The molecule has 0 aromatic carbocycles. The molecule has 5 aromatic heterocycles. The third-order valence-electron chi connectivity index (χ3n) is 5.69. The molecule has 5 heterocycles.